The van der Waals surface area contributed by atoms with Gasteiger partial charge in [0.15, 0.2) is 0 Å². The molecule has 2 unspecified atom stereocenters. The third kappa shape index (κ3) is 5.29. The van der Waals surface area contributed by atoms with Crippen LogP contribution in [-0.4, -0.2) is 35.8 Å². The highest BCUT2D eigenvalue weighted by molar-refractivity contribution is 5.85. The largest absolute Gasteiger partial charge is 0.409 e. The Bertz CT molecular complexity index is 305. The van der Waals surface area contributed by atoms with Gasteiger partial charge in [-0.1, -0.05) is 31.8 Å². The second kappa shape index (κ2) is 8.47. The van der Waals surface area contributed by atoms with Crippen LogP contribution in [0.15, 0.2) is 5.16 Å². The molecule has 20 heavy (non-hydrogen) atoms. The molecule has 0 aromatic rings. The minimum Gasteiger partial charge on any atom is -0.409 e. The number of rotatable bonds is 9. The number of aliphatic hydroxyl groups excluding tert-OH is 1. The van der Waals surface area contributed by atoms with Gasteiger partial charge in [-0.3, -0.25) is 0 Å². The summed E-state index contributed by atoms with van der Waals surface area (Å²) in [6.45, 7) is 6.36. The molecule has 0 radical (unpaired) electrons. The van der Waals surface area contributed by atoms with E-state index in [2.05, 4.69) is 10.5 Å². The van der Waals surface area contributed by atoms with Gasteiger partial charge in [0.25, 0.3) is 0 Å². The van der Waals surface area contributed by atoms with Gasteiger partial charge in [-0.05, 0) is 50.6 Å². The van der Waals surface area contributed by atoms with Gasteiger partial charge in [-0.25, -0.2) is 0 Å². The van der Waals surface area contributed by atoms with Crippen LogP contribution in [0.2, 0.25) is 0 Å². The molecule has 5 nitrogen and oxygen atoms in total. The number of nitrogens with one attached hydrogen (secondary N) is 1. The molecule has 0 bridgehead atoms. The van der Waals surface area contributed by atoms with Crippen molar-refractivity contribution >= 4 is 5.84 Å². The molecule has 1 aliphatic carbocycles. The number of nitrogens with two attached hydrogens (primary N) is 1. The Labute approximate surface area is 122 Å². The normalized spacial score (nSPS) is 24.2. The van der Waals surface area contributed by atoms with E-state index in [0.29, 0.717) is 24.3 Å². The average Bonchev–Trinajstić information content (AvgIpc) is 2.89. The molecule has 5 heteroatoms. The number of aliphatic hydroxyl groups is 1. The summed E-state index contributed by atoms with van der Waals surface area (Å²) < 4.78 is 0. The van der Waals surface area contributed by atoms with Crippen LogP contribution in [0, 0.1) is 17.3 Å². The first-order chi connectivity index (χ1) is 9.51. The smallest absolute Gasteiger partial charge is 0.144 e. The summed E-state index contributed by atoms with van der Waals surface area (Å²) in [7, 11) is 0. The zero-order valence-corrected chi connectivity index (χ0v) is 12.9. The number of amidine groups is 1. The van der Waals surface area contributed by atoms with Crippen molar-refractivity contribution < 1.29 is 10.3 Å². The summed E-state index contributed by atoms with van der Waals surface area (Å²) in [5.41, 5.74) is 5.43. The van der Waals surface area contributed by atoms with E-state index in [1.165, 1.54) is 19.3 Å². The molecule has 2 atom stereocenters. The molecular weight excluding hydrogens is 254 g/mol. The topological polar surface area (TPSA) is 90.9 Å². The minimum absolute atomic E-state index is 0.234. The summed E-state index contributed by atoms with van der Waals surface area (Å²) in [5, 5.41) is 24.6. The van der Waals surface area contributed by atoms with Gasteiger partial charge < -0.3 is 21.4 Å². The maximum absolute atomic E-state index is 9.27. The van der Waals surface area contributed by atoms with Gasteiger partial charge in [0, 0.05) is 12.0 Å². The quantitative estimate of drug-likeness (QED) is 0.171. The molecular formula is C15H31N3O2. The first kappa shape index (κ1) is 17.2. The summed E-state index contributed by atoms with van der Waals surface area (Å²) in [4.78, 5) is 0. The van der Waals surface area contributed by atoms with E-state index in [4.69, 9.17) is 10.9 Å². The maximum Gasteiger partial charge on any atom is 0.144 e. The zero-order valence-electron chi connectivity index (χ0n) is 12.9. The van der Waals surface area contributed by atoms with E-state index in [-0.39, 0.29) is 5.41 Å². The van der Waals surface area contributed by atoms with Crippen LogP contribution < -0.4 is 11.1 Å². The second-order valence-corrected chi connectivity index (χ2v) is 6.66. The highest BCUT2D eigenvalue weighted by atomic mass is 16.4. The van der Waals surface area contributed by atoms with E-state index in [0.717, 1.165) is 32.4 Å². The summed E-state index contributed by atoms with van der Waals surface area (Å²) in [6, 6.07) is 0. The molecule has 1 aliphatic rings. The van der Waals surface area contributed by atoms with Gasteiger partial charge in [0.2, 0.25) is 0 Å². The minimum atomic E-state index is -0.234. The van der Waals surface area contributed by atoms with Crippen molar-refractivity contribution in [3.8, 4) is 0 Å². The van der Waals surface area contributed by atoms with E-state index in [1.54, 1.807) is 0 Å². The molecule has 1 rings (SSSR count). The van der Waals surface area contributed by atoms with Crippen molar-refractivity contribution in [2.75, 3.05) is 19.7 Å². The van der Waals surface area contributed by atoms with Gasteiger partial charge in [-0.2, -0.15) is 0 Å². The molecule has 1 saturated carbocycles. The van der Waals surface area contributed by atoms with Crippen LogP contribution in [0.5, 0.6) is 0 Å². The van der Waals surface area contributed by atoms with Crippen molar-refractivity contribution in [2.45, 2.75) is 52.4 Å². The number of unbranched alkanes of at least 4 members (excludes halogenated alkanes) is 1. The number of oxime groups is 1. The fraction of sp³-hybridized carbons (Fsp3) is 0.933. The molecule has 0 saturated heterocycles. The predicted molar refractivity (Wildman–Crippen MR) is 81.8 cm³/mol. The Balaban J connectivity index is 2.08. The first-order valence-electron chi connectivity index (χ1n) is 7.81. The van der Waals surface area contributed by atoms with Crippen LogP contribution in [-0.2, 0) is 0 Å². The monoisotopic (exact) mass is 285 g/mol. The lowest BCUT2D eigenvalue weighted by atomic mass is 9.86. The van der Waals surface area contributed by atoms with Crippen LogP contribution >= 0.6 is 0 Å². The molecule has 0 aliphatic heterocycles. The van der Waals surface area contributed by atoms with Gasteiger partial charge in [0.1, 0.15) is 5.84 Å². The van der Waals surface area contributed by atoms with Crippen LogP contribution in [0.1, 0.15) is 52.4 Å². The van der Waals surface area contributed by atoms with Crippen molar-refractivity contribution in [3.63, 3.8) is 0 Å². The van der Waals surface area contributed by atoms with Crippen molar-refractivity contribution in [2.24, 2.45) is 28.1 Å². The molecule has 0 heterocycles. The summed E-state index contributed by atoms with van der Waals surface area (Å²) >= 11 is 0. The third-order valence-electron chi connectivity index (χ3n) is 4.66. The molecule has 118 valence electrons. The van der Waals surface area contributed by atoms with Crippen molar-refractivity contribution in [1.82, 2.24) is 5.32 Å². The predicted octanol–water partition coefficient (Wildman–Crippen LogP) is 1.93. The number of nitrogens with zero attached hydrogens (tertiary/aromatic N) is 1. The van der Waals surface area contributed by atoms with Gasteiger partial charge in [-0.15, -0.1) is 0 Å². The molecule has 0 spiro atoms. The molecule has 1 fully saturated rings. The number of hydrogen-bond acceptors (Lipinski definition) is 4. The van der Waals surface area contributed by atoms with Gasteiger partial charge >= 0.3 is 0 Å². The maximum atomic E-state index is 9.27. The SMILES string of the molecule is CC(C)(CCCCNCC1CCCC1CO)C(N)=NO. The van der Waals surface area contributed by atoms with E-state index < -0.39 is 0 Å². The Hall–Kier alpha value is -0.810. The lowest BCUT2D eigenvalue weighted by Crippen LogP contribution is -2.32. The van der Waals surface area contributed by atoms with Crippen LogP contribution in [0.3, 0.4) is 0 Å². The molecule has 0 amide bonds. The fourth-order valence-corrected chi connectivity index (χ4v) is 2.99. The second-order valence-electron chi connectivity index (χ2n) is 6.66. The Kier molecular flexibility index (Phi) is 7.30. The average molecular weight is 285 g/mol. The molecule has 5 N–H and O–H groups in total. The van der Waals surface area contributed by atoms with E-state index in [9.17, 15) is 5.11 Å². The van der Waals surface area contributed by atoms with Crippen molar-refractivity contribution in [3.05, 3.63) is 0 Å². The zero-order chi connectivity index (χ0) is 15.0. The molecule has 0 aromatic carbocycles. The Morgan fingerprint density at radius 2 is 2.00 bits per heavy atom. The Morgan fingerprint density at radius 3 is 2.65 bits per heavy atom. The fourth-order valence-electron chi connectivity index (χ4n) is 2.99. The summed E-state index contributed by atoms with van der Waals surface area (Å²) in [5.74, 6) is 1.46. The van der Waals surface area contributed by atoms with Crippen LogP contribution in [0.25, 0.3) is 0 Å². The van der Waals surface area contributed by atoms with Gasteiger partial charge in [0.05, 0.1) is 0 Å². The van der Waals surface area contributed by atoms with E-state index in [1.807, 2.05) is 13.8 Å². The lowest BCUT2D eigenvalue weighted by Gasteiger charge is -2.22. The first-order valence-corrected chi connectivity index (χ1v) is 7.81. The molecule has 0 aromatic heterocycles. The lowest BCUT2D eigenvalue weighted by molar-refractivity contribution is 0.192. The van der Waals surface area contributed by atoms with Crippen LogP contribution in [0.4, 0.5) is 0 Å². The summed E-state index contributed by atoms with van der Waals surface area (Å²) in [6.07, 6.45) is 6.76. The van der Waals surface area contributed by atoms with E-state index >= 15 is 0 Å². The highest BCUT2D eigenvalue weighted by Gasteiger charge is 2.26. The van der Waals surface area contributed by atoms with Crippen molar-refractivity contribution in [1.29, 1.82) is 0 Å². The standard InChI is InChI=1S/C15H31N3O2/c1-15(2,14(16)18-20)8-3-4-9-17-10-12-6-5-7-13(12)11-19/h12-13,17,19-20H,3-11H2,1-2H3,(H2,16,18). The highest BCUT2D eigenvalue weighted by Crippen LogP contribution is 2.30. The third-order valence-corrected chi connectivity index (χ3v) is 4.66. The Morgan fingerprint density at radius 1 is 1.30 bits per heavy atom. The number of hydrogen-bond donors (Lipinski definition) is 4.